The molecule has 0 aliphatic heterocycles. The van der Waals surface area contributed by atoms with E-state index in [1.807, 2.05) is 52.0 Å². The van der Waals surface area contributed by atoms with Crippen molar-refractivity contribution in [2.75, 3.05) is 5.32 Å². The Labute approximate surface area is 212 Å². The van der Waals surface area contributed by atoms with Crippen LogP contribution in [0.4, 0.5) is 5.82 Å². The minimum Gasteiger partial charge on any atom is -0.467 e. The molecule has 1 atom stereocenters. The van der Waals surface area contributed by atoms with Crippen molar-refractivity contribution in [2.24, 2.45) is 0 Å². The van der Waals surface area contributed by atoms with Gasteiger partial charge in [-0.25, -0.2) is 4.98 Å². The molecule has 0 spiro atoms. The molecule has 2 aromatic heterocycles. The molecule has 190 valence electrons. The SMILES string of the molecule is CCC(C)(C)NC(=O)C(c1ccc(C)cc1)N(Cc1ccco1)C(=O)CCC(=O)Nc1ccccn1. The van der Waals surface area contributed by atoms with Crippen molar-refractivity contribution in [1.29, 1.82) is 0 Å². The highest BCUT2D eigenvalue weighted by Gasteiger charge is 2.34. The van der Waals surface area contributed by atoms with Gasteiger partial charge in [0.25, 0.3) is 0 Å². The van der Waals surface area contributed by atoms with Crippen molar-refractivity contribution < 1.29 is 18.8 Å². The van der Waals surface area contributed by atoms with Gasteiger partial charge in [-0.3, -0.25) is 14.4 Å². The third-order valence-electron chi connectivity index (χ3n) is 6.02. The summed E-state index contributed by atoms with van der Waals surface area (Å²) in [5.41, 5.74) is 1.27. The fourth-order valence-electron chi connectivity index (χ4n) is 3.61. The molecule has 8 heteroatoms. The number of carbonyl (C=O) groups excluding carboxylic acids is 3. The predicted molar refractivity (Wildman–Crippen MR) is 138 cm³/mol. The Morgan fingerprint density at radius 2 is 1.78 bits per heavy atom. The second-order valence-electron chi connectivity index (χ2n) is 9.40. The first-order valence-electron chi connectivity index (χ1n) is 12.1. The van der Waals surface area contributed by atoms with E-state index in [0.29, 0.717) is 17.1 Å². The van der Waals surface area contributed by atoms with Crippen LogP contribution in [0.15, 0.2) is 71.5 Å². The Hall–Kier alpha value is -3.94. The van der Waals surface area contributed by atoms with E-state index in [-0.39, 0.29) is 37.1 Å². The number of rotatable bonds is 11. The van der Waals surface area contributed by atoms with Gasteiger partial charge in [0.15, 0.2) is 0 Å². The summed E-state index contributed by atoms with van der Waals surface area (Å²) in [5, 5.41) is 5.77. The van der Waals surface area contributed by atoms with Gasteiger partial charge in [0.2, 0.25) is 17.7 Å². The van der Waals surface area contributed by atoms with Crippen molar-refractivity contribution in [2.45, 2.75) is 65.1 Å². The van der Waals surface area contributed by atoms with Crippen LogP contribution in [0.5, 0.6) is 0 Å². The lowest BCUT2D eigenvalue weighted by molar-refractivity contribution is -0.143. The Morgan fingerprint density at radius 3 is 2.39 bits per heavy atom. The molecule has 1 unspecified atom stereocenters. The quantitative estimate of drug-likeness (QED) is 0.403. The lowest BCUT2D eigenvalue weighted by atomic mass is 9.97. The number of aromatic nitrogens is 1. The topological polar surface area (TPSA) is 105 Å². The zero-order valence-electron chi connectivity index (χ0n) is 21.3. The van der Waals surface area contributed by atoms with E-state index < -0.39 is 11.6 Å². The third-order valence-corrected chi connectivity index (χ3v) is 6.02. The summed E-state index contributed by atoms with van der Waals surface area (Å²) in [6.45, 7) is 7.93. The molecule has 36 heavy (non-hydrogen) atoms. The van der Waals surface area contributed by atoms with E-state index in [1.54, 1.807) is 36.5 Å². The Morgan fingerprint density at radius 1 is 1.03 bits per heavy atom. The van der Waals surface area contributed by atoms with Crippen LogP contribution in [0.25, 0.3) is 0 Å². The molecule has 3 rings (SSSR count). The number of hydrogen-bond acceptors (Lipinski definition) is 5. The number of nitrogens with one attached hydrogen (secondary N) is 2. The molecule has 2 heterocycles. The summed E-state index contributed by atoms with van der Waals surface area (Å²) in [6.07, 6.45) is 3.70. The molecule has 0 aliphatic carbocycles. The highest BCUT2D eigenvalue weighted by atomic mass is 16.3. The number of anilines is 1. The Kier molecular flexibility index (Phi) is 9.00. The van der Waals surface area contributed by atoms with E-state index in [2.05, 4.69) is 15.6 Å². The van der Waals surface area contributed by atoms with E-state index in [1.165, 1.54) is 11.2 Å². The fraction of sp³-hybridized carbons (Fsp3) is 0.357. The van der Waals surface area contributed by atoms with E-state index in [0.717, 1.165) is 12.0 Å². The predicted octanol–water partition coefficient (Wildman–Crippen LogP) is 4.78. The highest BCUT2D eigenvalue weighted by Crippen LogP contribution is 2.27. The number of pyridine rings is 1. The van der Waals surface area contributed by atoms with Crippen molar-refractivity contribution in [3.8, 4) is 0 Å². The molecule has 3 aromatic rings. The summed E-state index contributed by atoms with van der Waals surface area (Å²) in [5.74, 6) is 0.00615. The summed E-state index contributed by atoms with van der Waals surface area (Å²) >= 11 is 0. The summed E-state index contributed by atoms with van der Waals surface area (Å²) in [4.78, 5) is 45.2. The lowest BCUT2D eigenvalue weighted by Crippen LogP contribution is -2.50. The molecule has 8 nitrogen and oxygen atoms in total. The molecule has 0 saturated carbocycles. The normalized spacial score (nSPS) is 12.0. The van der Waals surface area contributed by atoms with Gasteiger partial charge in [-0.1, -0.05) is 42.8 Å². The van der Waals surface area contributed by atoms with E-state index in [9.17, 15) is 14.4 Å². The average Bonchev–Trinajstić information content (AvgIpc) is 3.37. The minimum absolute atomic E-state index is 0.0489. The molecule has 2 N–H and O–H groups in total. The summed E-state index contributed by atoms with van der Waals surface area (Å²) in [7, 11) is 0. The molecule has 0 radical (unpaired) electrons. The van der Waals surface area contributed by atoms with Gasteiger partial charge >= 0.3 is 0 Å². The molecule has 3 amide bonds. The molecule has 0 aliphatic rings. The van der Waals surface area contributed by atoms with Gasteiger partial charge in [0.05, 0.1) is 12.8 Å². The standard InChI is InChI=1S/C28H34N4O4/c1-5-28(3,4)31-27(35)26(21-13-11-20(2)12-14-21)32(19-22-9-8-18-36-22)25(34)16-15-24(33)30-23-10-6-7-17-29-23/h6-14,17-18,26H,5,15-16,19H2,1-4H3,(H,31,35)(H,29,30,33). The van der Waals surface area contributed by atoms with Crippen molar-refractivity contribution in [3.05, 3.63) is 83.9 Å². The maximum atomic E-state index is 13.6. The summed E-state index contributed by atoms with van der Waals surface area (Å²) in [6, 6.07) is 15.3. The zero-order valence-corrected chi connectivity index (χ0v) is 21.3. The van der Waals surface area contributed by atoms with Crippen LogP contribution < -0.4 is 10.6 Å². The Bertz CT molecular complexity index is 1140. The Balaban J connectivity index is 1.87. The van der Waals surface area contributed by atoms with E-state index in [4.69, 9.17) is 4.42 Å². The van der Waals surface area contributed by atoms with Crippen LogP contribution in [0.2, 0.25) is 0 Å². The van der Waals surface area contributed by atoms with Gasteiger partial charge in [0.1, 0.15) is 17.6 Å². The number of hydrogen-bond donors (Lipinski definition) is 2. The van der Waals surface area contributed by atoms with Crippen molar-refractivity contribution >= 4 is 23.5 Å². The van der Waals surface area contributed by atoms with E-state index >= 15 is 0 Å². The van der Waals surface area contributed by atoms with Gasteiger partial charge in [-0.2, -0.15) is 0 Å². The minimum atomic E-state index is -0.895. The van der Waals surface area contributed by atoms with Gasteiger partial charge in [0, 0.05) is 24.6 Å². The summed E-state index contributed by atoms with van der Waals surface area (Å²) < 4.78 is 5.51. The number of benzene rings is 1. The molecule has 0 saturated heterocycles. The van der Waals surface area contributed by atoms with Crippen molar-refractivity contribution in [1.82, 2.24) is 15.2 Å². The number of amides is 3. The zero-order chi connectivity index (χ0) is 26.1. The van der Waals surface area contributed by atoms with Crippen LogP contribution in [0, 0.1) is 6.92 Å². The molecular weight excluding hydrogens is 456 g/mol. The lowest BCUT2D eigenvalue weighted by Gasteiger charge is -2.34. The first kappa shape index (κ1) is 26.7. The van der Waals surface area contributed by atoms with Gasteiger partial charge in [-0.15, -0.1) is 0 Å². The largest absolute Gasteiger partial charge is 0.467 e. The van der Waals surface area contributed by atoms with Gasteiger partial charge < -0.3 is 20.0 Å². The molecule has 0 bridgehead atoms. The van der Waals surface area contributed by atoms with Crippen LogP contribution >= 0.6 is 0 Å². The average molecular weight is 491 g/mol. The van der Waals surface area contributed by atoms with Gasteiger partial charge in [-0.05, 0) is 57.0 Å². The molecule has 0 fully saturated rings. The second-order valence-corrected chi connectivity index (χ2v) is 9.40. The fourth-order valence-corrected chi connectivity index (χ4v) is 3.61. The first-order valence-corrected chi connectivity index (χ1v) is 12.1. The highest BCUT2D eigenvalue weighted by molar-refractivity contribution is 5.94. The van der Waals surface area contributed by atoms with Crippen LogP contribution in [-0.2, 0) is 20.9 Å². The number of nitrogens with zero attached hydrogens (tertiary/aromatic N) is 2. The second kappa shape index (κ2) is 12.2. The van der Waals surface area contributed by atoms with Crippen LogP contribution in [0.1, 0.15) is 63.0 Å². The van der Waals surface area contributed by atoms with Crippen LogP contribution in [0.3, 0.4) is 0 Å². The van der Waals surface area contributed by atoms with Crippen molar-refractivity contribution in [3.63, 3.8) is 0 Å². The maximum Gasteiger partial charge on any atom is 0.247 e. The molecule has 1 aromatic carbocycles. The third kappa shape index (κ3) is 7.53. The number of carbonyl (C=O) groups is 3. The first-order chi connectivity index (χ1) is 17.2. The monoisotopic (exact) mass is 490 g/mol. The van der Waals surface area contributed by atoms with Crippen LogP contribution in [-0.4, -0.2) is 33.1 Å². The number of aryl methyl sites for hydroxylation is 1. The number of furan rings is 1. The maximum absolute atomic E-state index is 13.6. The molecular formula is C28H34N4O4. The smallest absolute Gasteiger partial charge is 0.247 e.